The van der Waals surface area contributed by atoms with Crippen molar-refractivity contribution >= 4 is 5.91 Å². The van der Waals surface area contributed by atoms with Crippen molar-refractivity contribution in [1.82, 2.24) is 4.90 Å². The summed E-state index contributed by atoms with van der Waals surface area (Å²) in [5.74, 6) is 0.585. The van der Waals surface area contributed by atoms with Crippen LogP contribution in [0.25, 0.3) is 0 Å². The minimum atomic E-state index is 0.141. The summed E-state index contributed by atoms with van der Waals surface area (Å²) < 4.78 is 10.5. The number of nitrogens with zero attached hydrogens (tertiary/aromatic N) is 1. The molecule has 0 aliphatic carbocycles. The highest BCUT2D eigenvalue weighted by Gasteiger charge is 2.27. The molecule has 0 aromatic heterocycles. The molecule has 0 spiro atoms. The molecular formula is C16H23NO3. The number of benzene rings is 1. The van der Waals surface area contributed by atoms with Crippen molar-refractivity contribution in [3.8, 4) is 0 Å². The van der Waals surface area contributed by atoms with Gasteiger partial charge < -0.3 is 14.4 Å². The van der Waals surface area contributed by atoms with E-state index < -0.39 is 0 Å². The van der Waals surface area contributed by atoms with Gasteiger partial charge >= 0.3 is 0 Å². The van der Waals surface area contributed by atoms with Crippen molar-refractivity contribution in [2.24, 2.45) is 5.92 Å². The molecule has 20 heavy (non-hydrogen) atoms. The van der Waals surface area contributed by atoms with Crippen LogP contribution in [0.5, 0.6) is 0 Å². The Morgan fingerprint density at radius 1 is 1.35 bits per heavy atom. The van der Waals surface area contributed by atoms with E-state index in [4.69, 9.17) is 9.47 Å². The molecule has 4 nitrogen and oxygen atoms in total. The van der Waals surface area contributed by atoms with Crippen molar-refractivity contribution in [2.75, 3.05) is 40.0 Å². The molecule has 0 unspecified atom stereocenters. The number of carbonyl (C=O) groups is 1. The molecule has 1 heterocycles. The molecular weight excluding hydrogens is 254 g/mol. The van der Waals surface area contributed by atoms with Crippen molar-refractivity contribution in [3.05, 3.63) is 35.4 Å². The molecule has 4 heteroatoms. The van der Waals surface area contributed by atoms with Crippen molar-refractivity contribution in [1.29, 1.82) is 0 Å². The molecule has 1 aromatic carbocycles. The van der Waals surface area contributed by atoms with E-state index in [1.807, 2.05) is 36.1 Å². The summed E-state index contributed by atoms with van der Waals surface area (Å²) in [6.07, 6.45) is 1.02. The van der Waals surface area contributed by atoms with E-state index in [2.05, 4.69) is 0 Å². The fourth-order valence-corrected chi connectivity index (χ4v) is 2.53. The Bertz CT molecular complexity index is 447. The monoisotopic (exact) mass is 277 g/mol. The van der Waals surface area contributed by atoms with Crippen LogP contribution < -0.4 is 0 Å². The fourth-order valence-electron chi connectivity index (χ4n) is 2.53. The lowest BCUT2D eigenvalue weighted by atomic mass is 10.1. The predicted octanol–water partition coefficient (Wildman–Crippen LogP) is 2.12. The van der Waals surface area contributed by atoms with Crippen LogP contribution in [0.15, 0.2) is 24.3 Å². The second kappa shape index (κ2) is 7.41. The summed E-state index contributed by atoms with van der Waals surface area (Å²) in [4.78, 5) is 14.4. The number of amides is 1. The molecule has 0 saturated carbocycles. The first-order valence-electron chi connectivity index (χ1n) is 7.14. The van der Waals surface area contributed by atoms with E-state index in [1.54, 1.807) is 7.11 Å². The number of hydrogen-bond donors (Lipinski definition) is 0. The maximum Gasteiger partial charge on any atom is 0.254 e. The molecule has 1 aromatic rings. The molecule has 0 bridgehead atoms. The standard InChI is InChI=1S/C16H23NO3/c1-13-5-3-4-6-15(13)16(18)17-8-7-14(11-17)12-20-10-9-19-2/h3-6,14H,7-12H2,1-2H3/t14-/m0/s1. The lowest BCUT2D eigenvalue weighted by molar-refractivity contribution is 0.0515. The Hall–Kier alpha value is -1.39. The number of ether oxygens (including phenoxy) is 2. The average molecular weight is 277 g/mol. The highest BCUT2D eigenvalue weighted by Crippen LogP contribution is 2.20. The van der Waals surface area contributed by atoms with Crippen LogP contribution in [0, 0.1) is 12.8 Å². The molecule has 0 radical (unpaired) electrons. The SMILES string of the molecule is COCCOC[C@H]1CCN(C(=O)c2ccccc2C)C1. The summed E-state index contributed by atoms with van der Waals surface area (Å²) in [5, 5.41) is 0. The lowest BCUT2D eigenvalue weighted by Crippen LogP contribution is -2.29. The molecule has 1 amide bonds. The first-order chi connectivity index (χ1) is 9.72. The zero-order valence-electron chi connectivity index (χ0n) is 12.3. The van der Waals surface area contributed by atoms with Crippen LogP contribution in [0.1, 0.15) is 22.3 Å². The summed E-state index contributed by atoms with van der Waals surface area (Å²) in [6.45, 7) is 5.55. The largest absolute Gasteiger partial charge is 0.382 e. The van der Waals surface area contributed by atoms with Gasteiger partial charge in [0.15, 0.2) is 0 Å². The number of rotatable bonds is 6. The van der Waals surface area contributed by atoms with Gasteiger partial charge in [-0.1, -0.05) is 18.2 Å². The molecule has 1 aliphatic rings. The topological polar surface area (TPSA) is 38.8 Å². The van der Waals surface area contributed by atoms with Crippen LogP contribution in [0.3, 0.4) is 0 Å². The van der Waals surface area contributed by atoms with Crippen molar-refractivity contribution in [2.45, 2.75) is 13.3 Å². The number of aryl methyl sites for hydroxylation is 1. The maximum absolute atomic E-state index is 12.5. The molecule has 1 fully saturated rings. The summed E-state index contributed by atoms with van der Waals surface area (Å²) >= 11 is 0. The molecule has 1 aliphatic heterocycles. The highest BCUT2D eigenvalue weighted by atomic mass is 16.5. The van der Waals surface area contributed by atoms with Gasteiger partial charge in [-0.15, -0.1) is 0 Å². The smallest absolute Gasteiger partial charge is 0.254 e. The van der Waals surface area contributed by atoms with Gasteiger partial charge in [0.2, 0.25) is 0 Å². The van der Waals surface area contributed by atoms with Gasteiger partial charge in [0.25, 0.3) is 5.91 Å². The molecule has 2 rings (SSSR count). The van der Waals surface area contributed by atoms with Gasteiger partial charge in [-0.3, -0.25) is 4.79 Å². The Labute approximate surface area is 120 Å². The second-order valence-corrected chi connectivity index (χ2v) is 5.29. The summed E-state index contributed by atoms with van der Waals surface area (Å²) in [7, 11) is 1.67. The number of hydrogen-bond acceptors (Lipinski definition) is 3. The Morgan fingerprint density at radius 2 is 2.15 bits per heavy atom. The quantitative estimate of drug-likeness (QED) is 0.748. The first kappa shape index (κ1) is 15.0. The summed E-state index contributed by atoms with van der Waals surface area (Å²) in [6, 6.07) is 7.76. The van der Waals surface area contributed by atoms with E-state index >= 15 is 0 Å². The van der Waals surface area contributed by atoms with Crippen LogP contribution >= 0.6 is 0 Å². The van der Waals surface area contributed by atoms with Crippen LogP contribution in [-0.2, 0) is 9.47 Å². The third-order valence-electron chi connectivity index (χ3n) is 3.73. The summed E-state index contributed by atoms with van der Waals surface area (Å²) in [5.41, 5.74) is 1.85. The Morgan fingerprint density at radius 3 is 2.90 bits per heavy atom. The Balaban J connectivity index is 1.83. The second-order valence-electron chi connectivity index (χ2n) is 5.29. The van der Waals surface area contributed by atoms with E-state index in [-0.39, 0.29) is 5.91 Å². The molecule has 1 atom stereocenters. The first-order valence-corrected chi connectivity index (χ1v) is 7.14. The minimum absolute atomic E-state index is 0.141. The van der Waals surface area contributed by atoms with E-state index in [0.29, 0.717) is 25.7 Å². The van der Waals surface area contributed by atoms with Gasteiger partial charge in [0.1, 0.15) is 0 Å². The maximum atomic E-state index is 12.5. The van der Waals surface area contributed by atoms with Gasteiger partial charge in [-0.25, -0.2) is 0 Å². The lowest BCUT2D eigenvalue weighted by Gasteiger charge is -2.18. The van der Waals surface area contributed by atoms with Crippen molar-refractivity contribution in [3.63, 3.8) is 0 Å². The van der Waals surface area contributed by atoms with Gasteiger partial charge in [0, 0.05) is 31.7 Å². The van der Waals surface area contributed by atoms with Crippen LogP contribution in [-0.4, -0.2) is 50.8 Å². The van der Waals surface area contributed by atoms with Gasteiger partial charge in [-0.2, -0.15) is 0 Å². The predicted molar refractivity (Wildman–Crippen MR) is 77.9 cm³/mol. The average Bonchev–Trinajstić information content (AvgIpc) is 2.92. The van der Waals surface area contributed by atoms with E-state index in [0.717, 1.165) is 30.6 Å². The molecule has 1 saturated heterocycles. The van der Waals surface area contributed by atoms with E-state index in [9.17, 15) is 4.79 Å². The normalized spacial score (nSPS) is 18.5. The molecule has 110 valence electrons. The van der Waals surface area contributed by atoms with Gasteiger partial charge in [-0.05, 0) is 25.0 Å². The third kappa shape index (κ3) is 3.81. The van der Waals surface area contributed by atoms with Crippen LogP contribution in [0.4, 0.5) is 0 Å². The zero-order chi connectivity index (χ0) is 14.4. The van der Waals surface area contributed by atoms with Crippen molar-refractivity contribution < 1.29 is 14.3 Å². The number of carbonyl (C=O) groups excluding carboxylic acids is 1. The minimum Gasteiger partial charge on any atom is -0.382 e. The number of methoxy groups -OCH3 is 1. The zero-order valence-corrected chi connectivity index (χ0v) is 12.3. The third-order valence-corrected chi connectivity index (χ3v) is 3.73. The molecule has 0 N–H and O–H groups in total. The van der Waals surface area contributed by atoms with Gasteiger partial charge in [0.05, 0.1) is 19.8 Å². The Kier molecular flexibility index (Phi) is 5.56. The number of likely N-dealkylation sites (tertiary alicyclic amines) is 1. The highest BCUT2D eigenvalue weighted by molar-refractivity contribution is 5.95. The van der Waals surface area contributed by atoms with Crippen LogP contribution in [0.2, 0.25) is 0 Å². The van der Waals surface area contributed by atoms with E-state index in [1.165, 1.54) is 0 Å². The fraction of sp³-hybridized carbons (Fsp3) is 0.562.